The number of nitrogens with zero attached hydrogens (tertiary/aromatic N) is 3. The molecule has 2 fully saturated rings. The molecule has 0 aromatic carbocycles. The van der Waals surface area contributed by atoms with Crippen LogP contribution in [0.3, 0.4) is 0 Å². The Hall–Kier alpha value is -2.82. The average Bonchev–Trinajstić information content (AvgIpc) is 3.11. The van der Waals surface area contributed by atoms with Gasteiger partial charge in [-0.3, -0.25) is 15.2 Å². The van der Waals surface area contributed by atoms with Crippen molar-refractivity contribution in [3.05, 3.63) is 59.2 Å². The molecule has 2 aliphatic rings. The molecule has 1 saturated carbocycles. The molecule has 1 saturated heterocycles. The van der Waals surface area contributed by atoms with Crippen molar-refractivity contribution >= 4 is 5.91 Å². The molecule has 7 heteroatoms. The van der Waals surface area contributed by atoms with E-state index in [0.717, 1.165) is 24.8 Å². The lowest BCUT2D eigenvalue weighted by molar-refractivity contribution is 0.0909. The third-order valence-corrected chi connectivity index (χ3v) is 5.57. The zero-order valence-electron chi connectivity index (χ0n) is 15.1. The number of nitrogens with one attached hydrogen (secondary N) is 3. The summed E-state index contributed by atoms with van der Waals surface area (Å²) in [5.41, 5.74) is 9.61. The van der Waals surface area contributed by atoms with Gasteiger partial charge in [-0.1, -0.05) is 0 Å². The number of hydrazine groups is 1. The second kappa shape index (κ2) is 7.43. The van der Waals surface area contributed by atoms with Gasteiger partial charge < -0.3 is 5.32 Å². The number of carbonyl (C=O) groups excluding carboxylic acids is 1. The molecule has 4 atom stereocenters. The highest BCUT2D eigenvalue weighted by atomic mass is 16.1. The predicted octanol–water partition coefficient (Wildman–Crippen LogP) is 1.77. The van der Waals surface area contributed by atoms with E-state index in [1.54, 1.807) is 6.07 Å². The number of nitriles is 1. The topological polar surface area (TPSA) is 103 Å². The Morgan fingerprint density at radius 2 is 2.11 bits per heavy atom. The van der Waals surface area contributed by atoms with E-state index in [0.29, 0.717) is 23.2 Å². The van der Waals surface area contributed by atoms with Crippen molar-refractivity contribution in [1.82, 2.24) is 26.1 Å². The summed E-state index contributed by atoms with van der Waals surface area (Å²) in [6.45, 7) is 1.81. The fourth-order valence-corrected chi connectivity index (χ4v) is 4.22. The van der Waals surface area contributed by atoms with E-state index in [1.165, 1.54) is 11.8 Å². The van der Waals surface area contributed by atoms with Crippen molar-refractivity contribution in [2.24, 2.45) is 5.92 Å². The van der Waals surface area contributed by atoms with Gasteiger partial charge in [0.1, 0.15) is 11.8 Å². The number of carbonyl (C=O) groups is 1. The number of aromatic nitrogens is 2. The van der Waals surface area contributed by atoms with Gasteiger partial charge in [0.05, 0.1) is 11.6 Å². The lowest BCUT2D eigenvalue weighted by Crippen LogP contribution is -2.44. The maximum atomic E-state index is 12.7. The van der Waals surface area contributed by atoms with Crippen molar-refractivity contribution in [2.75, 3.05) is 0 Å². The summed E-state index contributed by atoms with van der Waals surface area (Å²) >= 11 is 0. The Labute approximate surface area is 158 Å². The van der Waals surface area contributed by atoms with E-state index in [2.05, 4.69) is 26.1 Å². The molecule has 3 heterocycles. The molecule has 3 N–H and O–H groups in total. The number of hydrogen-bond acceptors (Lipinski definition) is 6. The minimum atomic E-state index is -0.167. The SMILES string of the molecule is Cc1cc(C#N)cnc1C(=O)NC1CCC2NNC(c3ccncc3)C2C1. The average molecular weight is 362 g/mol. The molecule has 2 aromatic rings. The number of fused-ring (bicyclic) bond motifs is 1. The molecule has 4 unspecified atom stereocenters. The lowest BCUT2D eigenvalue weighted by atomic mass is 9.77. The van der Waals surface area contributed by atoms with Crippen LogP contribution in [-0.4, -0.2) is 28.0 Å². The first-order chi connectivity index (χ1) is 13.2. The van der Waals surface area contributed by atoms with Crippen LogP contribution in [0.15, 0.2) is 36.8 Å². The van der Waals surface area contributed by atoms with E-state index in [-0.39, 0.29) is 18.0 Å². The summed E-state index contributed by atoms with van der Waals surface area (Å²) in [5.74, 6) is 0.237. The van der Waals surface area contributed by atoms with E-state index in [1.807, 2.05) is 37.5 Å². The minimum Gasteiger partial charge on any atom is -0.348 e. The first-order valence-corrected chi connectivity index (χ1v) is 9.24. The van der Waals surface area contributed by atoms with Crippen molar-refractivity contribution < 1.29 is 4.79 Å². The highest BCUT2D eigenvalue weighted by Crippen LogP contribution is 2.37. The maximum Gasteiger partial charge on any atom is 0.270 e. The quantitative estimate of drug-likeness (QED) is 0.769. The molecule has 1 aliphatic carbocycles. The van der Waals surface area contributed by atoms with E-state index in [4.69, 9.17) is 5.26 Å². The maximum absolute atomic E-state index is 12.7. The van der Waals surface area contributed by atoms with Crippen molar-refractivity contribution in [1.29, 1.82) is 5.26 Å². The van der Waals surface area contributed by atoms with E-state index >= 15 is 0 Å². The van der Waals surface area contributed by atoms with E-state index in [9.17, 15) is 4.79 Å². The summed E-state index contributed by atoms with van der Waals surface area (Å²) in [5, 5.41) is 12.1. The summed E-state index contributed by atoms with van der Waals surface area (Å²) in [4.78, 5) is 21.0. The Bertz CT molecular complexity index is 878. The van der Waals surface area contributed by atoms with Crippen LogP contribution in [0.2, 0.25) is 0 Å². The fraction of sp³-hybridized carbons (Fsp3) is 0.400. The van der Waals surface area contributed by atoms with Crippen LogP contribution in [0.5, 0.6) is 0 Å². The highest BCUT2D eigenvalue weighted by molar-refractivity contribution is 5.93. The number of rotatable bonds is 3. The van der Waals surface area contributed by atoms with E-state index < -0.39 is 0 Å². The fourth-order valence-electron chi connectivity index (χ4n) is 4.22. The van der Waals surface area contributed by atoms with Gasteiger partial charge in [-0.15, -0.1) is 0 Å². The van der Waals surface area contributed by atoms with Crippen LogP contribution < -0.4 is 16.2 Å². The summed E-state index contributed by atoms with van der Waals surface area (Å²) in [6, 6.07) is 8.55. The second-order valence-electron chi connectivity index (χ2n) is 7.30. The summed E-state index contributed by atoms with van der Waals surface area (Å²) in [7, 11) is 0. The third kappa shape index (κ3) is 3.54. The molecular weight excluding hydrogens is 340 g/mol. The lowest BCUT2D eigenvalue weighted by Gasteiger charge is -2.33. The van der Waals surface area contributed by atoms with Crippen LogP contribution in [0.1, 0.15) is 52.5 Å². The Balaban J connectivity index is 1.45. The van der Waals surface area contributed by atoms with Gasteiger partial charge in [0.15, 0.2) is 0 Å². The van der Waals surface area contributed by atoms with Gasteiger partial charge in [-0.25, -0.2) is 10.4 Å². The van der Waals surface area contributed by atoms with Crippen LogP contribution >= 0.6 is 0 Å². The largest absolute Gasteiger partial charge is 0.348 e. The number of aryl methyl sites for hydroxylation is 1. The first kappa shape index (κ1) is 17.6. The van der Waals surface area contributed by atoms with Gasteiger partial charge in [0, 0.05) is 30.7 Å². The molecule has 1 amide bonds. The molecule has 27 heavy (non-hydrogen) atoms. The van der Waals surface area contributed by atoms with Gasteiger partial charge >= 0.3 is 0 Å². The summed E-state index contributed by atoms with van der Waals surface area (Å²) in [6.07, 6.45) is 7.91. The van der Waals surface area contributed by atoms with Gasteiger partial charge in [0.2, 0.25) is 0 Å². The predicted molar refractivity (Wildman–Crippen MR) is 99.3 cm³/mol. The Morgan fingerprint density at radius 3 is 2.85 bits per heavy atom. The normalized spacial score (nSPS) is 26.8. The molecular formula is C20H22N6O. The monoisotopic (exact) mass is 362 g/mol. The molecule has 0 radical (unpaired) electrons. The number of hydrogen-bond donors (Lipinski definition) is 3. The zero-order chi connectivity index (χ0) is 18.8. The highest BCUT2D eigenvalue weighted by Gasteiger charge is 2.41. The molecule has 4 rings (SSSR count). The molecule has 7 nitrogen and oxygen atoms in total. The third-order valence-electron chi connectivity index (χ3n) is 5.57. The summed E-state index contributed by atoms with van der Waals surface area (Å²) < 4.78 is 0. The molecule has 0 spiro atoms. The number of pyridine rings is 2. The van der Waals surface area contributed by atoms with Crippen molar-refractivity contribution in [2.45, 2.75) is 44.3 Å². The second-order valence-corrected chi connectivity index (χ2v) is 7.30. The zero-order valence-corrected chi connectivity index (χ0v) is 15.1. The van der Waals surface area contributed by atoms with Gasteiger partial charge in [-0.2, -0.15) is 5.26 Å². The van der Waals surface area contributed by atoms with Crippen LogP contribution in [-0.2, 0) is 0 Å². The molecule has 1 aliphatic heterocycles. The van der Waals surface area contributed by atoms with Gasteiger partial charge in [-0.05, 0) is 61.4 Å². The van der Waals surface area contributed by atoms with Gasteiger partial charge in [0.25, 0.3) is 5.91 Å². The van der Waals surface area contributed by atoms with Crippen LogP contribution in [0.4, 0.5) is 0 Å². The minimum absolute atomic E-state index is 0.113. The standard InChI is InChI=1S/C20H22N6O/c1-12-8-13(10-21)11-23-18(12)20(27)24-15-2-3-17-16(9-15)19(26-25-17)14-4-6-22-7-5-14/h4-8,11,15-17,19,25-26H,2-3,9H2,1H3,(H,24,27). The molecule has 0 bridgehead atoms. The number of amides is 1. The Morgan fingerprint density at radius 1 is 1.30 bits per heavy atom. The van der Waals surface area contributed by atoms with Crippen molar-refractivity contribution in [3.63, 3.8) is 0 Å². The van der Waals surface area contributed by atoms with Crippen LogP contribution in [0.25, 0.3) is 0 Å². The smallest absolute Gasteiger partial charge is 0.270 e. The first-order valence-electron chi connectivity index (χ1n) is 9.24. The molecule has 138 valence electrons. The molecule has 2 aromatic heterocycles. The Kier molecular flexibility index (Phi) is 4.84. The van der Waals surface area contributed by atoms with Crippen molar-refractivity contribution in [3.8, 4) is 6.07 Å². The van der Waals surface area contributed by atoms with Crippen LogP contribution in [0, 0.1) is 24.2 Å².